The molecule has 0 amide bonds. The first-order valence-electron chi connectivity index (χ1n) is 5.24. The first-order valence-corrected chi connectivity index (χ1v) is 5.24. The zero-order valence-corrected chi connectivity index (χ0v) is 10.2. The first-order chi connectivity index (χ1) is 8.23. The number of hydrogen-bond acceptors (Lipinski definition) is 8. The highest BCUT2D eigenvalue weighted by atomic mass is 16.6. The van der Waals surface area contributed by atoms with Gasteiger partial charge in [-0.15, -0.1) is 0 Å². The highest BCUT2D eigenvalue weighted by Gasteiger charge is 2.18. The van der Waals surface area contributed by atoms with Crippen LogP contribution in [0.4, 0.5) is 0 Å². The Morgan fingerprint density at radius 3 is 1.33 bits per heavy atom. The van der Waals surface area contributed by atoms with E-state index in [1.807, 2.05) is 0 Å². The van der Waals surface area contributed by atoms with Gasteiger partial charge >= 0.3 is 23.9 Å². The Morgan fingerprint density at radius 1 is 0.833 bits per heavy atom. The second-order valence-corrected chi connectivity index (χ2v) is 3.66. The Morgan fingerprint density at radius 2 is 1.11 bits per heavy atom. The van der Waals surface area contributed by atoms with Gasteiger partial charge in [0.2, 0.25) is 0 Å². The van der Waals surface area contributed by atoms with Crippen molar-refractivity contribution in [2.45, 2.75) is 38.8 Å². The summed E-state index contributed by atoms with van der Waals surface area (Å²) >= 11 is 0. The van der Waals surface area contributed by atoms with Crippen LogP contribution in [0.25, 0.3) is 0 Å². The Balaban J connectivity index is 3.96. The fourth-order valence-corrected chi connectivity index (χ4v) is 0.716. The number of carbonyl (C=O) groups excluding carboxylic acids is 4. The number of nitrogens with two attached hydrogens (primary N) is 2. The molecular formula is C10H16N2O6. The summed E-state index contributed by atoms with van der Waals surface area (Å²) in [6.07, 6.45) is -0.771. The lowest BCUT2D eigenvalue weighted by Gasteiger charge is -2.06. The van der Waals surface area contributed by atoms with Crippen LogP contribution in [0.15, 0.2) is 0 Å². The predicted octanol–water partition coefficient (Wildman–Crippen LogP) is -1.40. The van der Waals surface area contributed by atoms with Crippen molar-refractivity contribution in [2.75, 3.05) is 0 Å². The van der Waals surface area contributed by atoms with E-state index in [0.717, 1.165) is 0 Å². The molecule has 0 unspecified atom stereocenters. The lowest BCUT2D eigenvalue weighted by Crippen LogP contribution is -2.32. The fraction of sp³-hybridized carbons (Fsp3) is 0.600. The van der Waals surface area contributed by atoms with Crippen molar-refractivity contribution in [1.29, 1.82) is 0 Å². The van der Waals surface area contributed by atoms with E-state index in [2.05, 4.69) is 9.47 Å². The quantitative estimate of drug-likeness (QED) is 0.454. The van der Waals surface area contributed by atoms with E-state index in [0.29, 0.717) is 0 Å². The molecular weight excluding hydrogens is 244 g/mol. The number of hydrogen-bond donors (Lipinski definition) is 2. The zero-order valence-electron chi connectivity index (χ0n) is 10.2. The predicted molar refractivity (Wildman–Crippen MR) is 58.7 cm³/mol. The van der Waals surface area contributed by atoms with Gasteiger partial charge in [0, 0.05) is 0 Å². The van der Waals surface area contributed by atoms with Gasteiger partial charge in [0.1, 0.15) is 12.1 Å². The van der Waals surface area contributed by atoms with Crippen LogP contribution in [0.1, 0.15) is 26.7 Å². The van der Waals surface area contributed by atoms with Gasteiger partial charge in [0.25, 0.3) is 0 Å². The van der Waals surface area contributed by atoms with Crippen molar-refractivity contribution in [2.24, 2.45) is 11.5 Å². The molecule has 102 valence electrons. The van der Waals surface area contributed by atoms with Crippen LogP contribution < -0.4 is 11.5 Å². The molecule has 0 aromatic heterocycles. The van der Waals surface area contributed by atoms with Crippen molar-refractivity contribution in [1.82, 2.24) is 0 Å². The van der Waals surface area contributed by atoms with Crippen LogP contribution in [0.5, 0.6) is 0 Å². The number of carbonyl (C=O) groups is 4. The van der Waals surface area contributed by atoms with E-state index in [9.17, 15) is 19.2 Å². The molecule has 8 heteroatoms. The molecule has 0 saturated heterocycles. The third kappa shape index (κ3) is 6.71. The van der Waals surface area contributed by atoms with Crippen molar-refractivity contribution in [3.63, 3.8) is 0 Å². The van der Waals surface area contributed by atoms with E-state index in [1.165, 1.54) is 13.8 Å². The molecule has 0 heterocycles. The number of esters is 4. The monoisotopic (exact) mass is 260 g/mol. The van der Waals surface area contributed by atoms with Gasteiger partial charge in [-0.1, -0.05) is 0 Å². The molecule has 8 nitrogen and oxygen atoms in total. The molecule has 0 radical (unpaired) electrons. The largest absolute Gasteiger partial charge is 0.392 e. The van der Waals surface area contributed by atoms with Gasteiger partial charge in [-0.25, -0.2) is 9.59 Å². The smallest absolute Gasteiger partial charge is 0.330 e. The minimum absolute atomic E-state index is 0.385. The minimum atomic E-state index is -0.930. The Kier molecular flexibility index (Phi) is 6.76. The minimum Gasteiger partial charge on any atom is -0.392 e. The molecule has 0 spiro atoms. The molecule has 0 aliphatic rings. The number of ether oxygens (including phenoxy) is 2. The highest BCUT2D eigenvalue weighted by Crippen LogP contribution is 1.98. The van der Waals surface area contributed by atoms with Crippen LogP contribution in [0, 0.1) is 0 Å². The third-order valence-corrected chi connectivity index (χ3v) is 1.71. The molecule has 18 heavy (non-hydrogen) atoms. The molecule has 4 N–H and O–H groups in total. The van der Waals surface area contributed by atoms with Crippen LogP contribution in [-0.4, -0.2) is 36.0 Å². The molecule has 0 bridgehead atoms. The Hall–Kier alpha value is -1.80. The summed E-state index contributed by atoms with van der Waals surface area (Å²) in [5.41, 5.74) is 10.3. The summed E-state index contributed by atoms with van der Waals surface area (Å²) in [6, 6.07) is -1.86. The van der Waals surface area contributed by atoms with Crippen LogP contribution in [0.2, 0.25) is 0 Å². The SMILES string of the molecule is C[C@H](N)C(=O)OC(=O)CCC(=O)OC(=O)[C@H](C)N. The van der Waals surface area contributed by atoms with Crippen LogP contribution in [-0.2, 0) is 28.7 Å². The van der Waals surface area contributed by atoms with Gasteiger partial charge in [-0.2, -0.15) is 0 Å². The van der Waals surface area contributed by atoms with E-state index < -0.39 is 36.0 Å². The molecule has 2 atom stereocenters. The Bertz CT molecular complexity index is 316. The molecule has 0 aromatic carbocycles. The van der Waals surface area contributed by atoms with Crippen LogP contribution >= 0.6 is 0 Å². The fourth-order valence-electron chi connectivity index (χ4n) is 0.716. The highest BCUT2D eigenvalue weighted by molar-refractivity contribution is 5.91. The normalized spacial score (nSPS) is 13.3. The molecule has 0 rings (SSSR count). The lowest BCUT2D eigenvalue weighted by atomic mass is 10.3. The van der Waals surface area contributed by atoms with Gasteiger partial charge < -0.3 is 20.9 Å². The summed E-state index contributed by atoms with van der Waals surface area (Å²) in [6.45, 7) is 2.70. The first kappa shape index (κ1) is 16.2. The number of rotatable bonds is 5. The summed E-state index contributed by atoms with van der Waals surface area (Å²) < 4.78 is 8.59. The van der Waals surface area contributed by atoms with E-state index in [-0.39, 0.29) is 12.8 Å². The topological polar surface area (TPSA) is 139 Å². The van der Waals surface area contributed by atoms with Crippen molar-refractivity contribution < 1.29 is 28.7 Å². The average Bonchev–Trinajstić information content (AvgIpc) is 2.25. The Labute approximate surface area is 104 Å². The molecule has 0 saturated carbocycles. The van der Waals surface area contributed by atoms with Gasteiger partial charge in [0.15, 0.2) is 0 Å². The van der Waals surface area contributed by atoms with Crippen LogP contribution in [0.3, 0.4) is 0 Å². The second kappa shape index (κ2) is 7.51. The third-order valence-electron chi connectivity index (χ3n) is 1.71. The van der Waals surface area contributed by atoms with Crippen molar-refractivity contribution in [3.8, 4) is 0 Å². The molecule has 0 aromatic rings. The second-order valence-electron chi connectivity index (χ2n) is 3.66. The maximum absolute atomic E-state index is 11.1. The molecule has 0 aliphatic heterocycles. The van der Waals surface area contributed by atoms with E-state index >= 15 is 0 Å². The summed E-state index contributed by atoms with van der Waals surface area (Å²) in [5, 5.41) is 0. The maximum Gasteiger partial charge on any atom is 0.330 e. The van der Waals surface area contributed by atoms with Crippen molar-refractivity contribution >= 4 is 23.9 Å². The van der Waals surface area contributed by atoms with E-state index in [1.54, 1.807) is 0 Å². The van der Waals surface area contributed by atoms with Gasteiger partial charge in [-0.3, -0.25) is 9.59 Å². The van der Waals surface area contributed by atoms with Gasteiger partial charge in [-0.05, 0) is 13.8 Å². The lowest BCUT2D eigenvalue weighted by molar-refractivity contribution is -0.165. The maximum atomic E-state index is 11.1. The van der Waals surface area contributed by atoms with Gasteiger partial charge in [0.05, 0.1) is 12.8 Å². The summed E-state index contributed by atoms with van der Waals surface area (Å²) in [5.74, 6) is -3.61. The molecule has 0 fully saturated rings. The van der Waals surface area contributed by atoms with Crippen molar-refractivity contribution in [3.05, 3.63) is 0 Å². The zero-order chi connectivity index (χ0) is 14.3. The summed E-state index contributed by atoms with van der Waals surface area (Å²) in [7, 11) is 0. The summed E-state index contributed by atoms with van der Waals surface area (Å²) in [4.78, 5) is 44.0. The standard InChI is InChI=1S/C10H16N2O6/c1-5(11)9(15)17-7(13)3-4-8(14)18-10(16)6(2)12/h5-6H,3-4,11-12H2,1-2H3/t5-,6-/m0/s1. The average molecular weight is 260 g/mol. The molecule has 0 aliphatic carbocycles. The van der Waals surface area contributed by atoms with E-state index in [4.69, 9.17) is 11.5 Å².